The van der Waals surface area contributed by atoms with Crippen LogP contribution in [0.1, 0.15) is 19.3 Å². The van der Waals surface area contributed by atoms with Gasteiger partial charge < -0.3 is 15.0 Å². The van der Waals surface area contributed by atoms with Gasteiger partial charge in [-0.3, -0.25) is 0 Å². The van der Waals surface area contributed by atoms with Crippen molar-refractivity contribution in [1.29, 1.82) is 0 Å². The Kier molecular flexibility index (Phi) is 2.63. The fraction of sp³-hybridized carbons (Fsp3) is 0.900. The van der Waals surface area contributed by atoms with Gasteiger partial charge in [0.15, 0.2) is 0 Å². The highest BCUT2D eigenvalue weighted by atomic mass is 16.5. The number of methoxy groups -OCH3 is 1. The molecule has 1 saturated heterocycles. The molecule has 0 spiro atoms. The van der Waals surface area contributed by atoms with Crippen LogP contribution in [0.3, 0.4) is 0 Å². The summed E-state index contributed by atoms with van der Waals surface area (Å²) in [6, 6.07) is 0.836. The lowest BCUT2D eigenvalue weighted by Crippen LogP contribution is -2.60. The van der Waals surface area contributed by atoms with Gasteiger partial charge >= 0.3 is 6.09 Å². The van der Waals surface area contributed by atoms with E-state index in [0.29, 0.717) is 12.1 Å². The van der Waals surface area contributed by atoms with E-state index in [-0.39, 0.29) is 6.09 Å². The molecule has 0 radical (unpaired) electrons. The van der Waals surface area contributed by atoms with Crippen molar-refractivity contribution in [2.24, 2.45) is 5.92 Å². The molecule has 2 unspecified atom stereocenters. The standard InChI is InChI=1S/C10H18N2O2/c1-11-9(7-3-4-7)8-5-6-12(8)10(13)14-2/h7-9,11H,3-6H2,1-2H3. The van der Waals surface area contributed by atoms with Crippen molar-refractivity contribution >= 4 is 6.09 Å². The molecule has 1 amide bonds. The molecule has 1 N–H and O–H groups in total. The van der Waals surface area contributed by atoms with Gasteiger partial charge in [0.2, 0.25) is 0 Å². The molecule has 0 bridgehead atoms. The van der Waals surface area contributed by atoms with Gasteiger partial charge in [0, 0.05) is 12.6 Å². The molecular formula is C10H18N2O2. The lowest BCUT2D eigenvalue weighted by molar-refractivity contribution is 0.0420. The number of amides is 1. The molecule has 1 heterocycles. The molecule has 0 aromatic rings. The first-order chi connectivity index (χ1) is 6.77. The molecule has 14 heavy (non-hydrogen) atoms. The Morgan fingerprint density at radius 1 is 1.50 bits per heavy atom. The molecule has 1 aliphatic heterocycles. The largest absolute Gasteiger partial charge is 0.453 e. The zero-order chi connectivity index (χ0) is 10.1. The second kappa shape index (κ2) is 3.77. The summed E-state index contributed by atoms with van der Waals surface area (Å²) in [7, 11) is 3.43. The number of nitrogens with one attached hydrogen (secondary N) is 1. The van der Waals surface area contributed by atoms with Crippen molar-refractivity contribution in [2.45, 2.75) is 31.3 Å². The molecule has 2 aliphatic rings. The third-order valence-electron chi connectivity index (χ3n) is 3.35. The van der Waals surface area contributed by atoms with Crippen molar-refractivity contribution < 1.29 is 9.53 Å². The lowest BCUT2D eigenvalue weighted by atomic mass is 9.92. The van der Waals surface area contributed by atoms with Crippen molar-refractivity contribution in [3.8, 4) is 0 Å². The number of carbonyl (C=O) groups excluding carboxylic acids is 1. The molecular weight excluding hydrogens is 180 g/mol. The van der Waals surface area contributed by atoms with E-state index in [1.54, 1.807) is 0 Å². The second-order valence-electron chi connectivity index (χ2n) is 4.17. The minimum atomic E-state index is -0.179. The maximum Gasteiger partial charge on any atom is 0.409 e. The van der Waals surface area contributed by atoms with Gasteiger partial charge in [0.05, 0.1) is 13.2 Å². The van der Waals surface area contributed by atoms with E-state index in [9.17, 15) is 4.79 Å². The van der Waals surface area contributed by atoms with Crippen LogP contribution in [0.15, 0.2) is 0 Å². The van der Waals surface area contributed by atoms with Gasteiger partial charge in [0.1, 0.15) is 0 Å². The molecule has 2 atom stereocenters. The zero-order valence-corrected chi connectivity index (χ0v) is 8.82. The van der Waals surface area contributed by atoms with Crippen LogP contribution in [-0.4, -0.2) is 43.8 Å². The van der Waals surface area contributed by atoms with Gasteiger partial charge in [-0.1, -0.05) is 0 Å². The number of hydrogen-bond donors (Lipinski definition) is 1. The summed E-state index contributed by atoms with van der Waals surface area (Å²) in [4.78, 5) is 13.2. The number of ether oxygens (including phenoxy) is 1. The van der Waals surface area contributed by atoms with E-state index < -0.39 is 0 Å². The Balaban J connectivity index is 1.93. The third kappa shape index (κ3) is 1.59. The van der Waals surface area contributed by atoms with Crippen molar-refractivity contribution in [3.63, 3.8) is 0 Å². The highest BCUT2D eigenvalue weighted by molar-refractivity contribution is 5.69. The van der Waals surface area contributed by atoms with Gasteiger partial charge in [-0.25, -0.2) is 4.79 Å². The summed E-state index contributed by atoms with van der Waals surface area (Å²) in [6.07, 6.45) is 3.53. The Bertz CT molecular complexity index is 228. The minimum absolute atomic E-state index is 0.179. The number of nitrogens with zero attached hydrogens (tertiary/aromatic N) is 1. The quantitative estimate of drug-likeness (QED) is 0.730. The summed E-state index contributed by atoms with van der Waals surface area (Å²) >= 11 is 0. The van der Waals surface area contributed by atoms with Crippen LogP contribution in [0.4, 0.5) is 4.79 Å². The van der Waals surface area contributed by atoms with Gasteiger partial charge in [-0.2, -0.15) is 0 Å². The highest BCUT2D eigenvalue weighted by Crippen LogP contribution is 2.38. The molecule has 1 saturated carbocycles. The molecule has 4 heteroatoms. The van der Waals surface area contributed by atoms with Crippen molar-refractivity contribution in [1.82, 2.24) is 10.2 Å². The van der Waals surface area contributed by atoms with Crippen LogP contribution < -0.4 is 5.32 Å². The van der Waals surface area contributed by atoms with Gasteiger partial charge in [-0.15, -0.1) is 0 Å². The summed E-state index contributed by atoms with van der Waals surface area (Å²) < 4.78 is 4.74. The van der Waals surface area contributed by atoms with Crippen LogP contribution in [0, 0.1) is 5.92 Å². The Morgan fingerprint density at radius 3 is 2.57 bits per heavy atom. The van der Waals surface area contributed by atoms with Crippen molar-refractivity contribution in [3.05, 3.63) is 0 Å². The summed E-state index contributed by atoms with van der Waals surface area (Å²) in [5, 5.41) is 3.33. The SMILES string of the molecule is CNC(C1CC1)C1CCN1C(=O)OC. The summed E-state index contributed by atoms with van der Waals surface area (Å²) in [5.41, 5.74) is 0. The topological polar surface area (TPSA) is 41.6 Å². The fourth-order valence-corrected chi connectivity index (χ4v) is 2.32. The molecule has 80 valence electrons. The number of hydrogen-bond acceptors (Lipinski definition) is 3. The fourth-order valence-electron chi connectivity index (χ4n) is 2.32. The Hall–Kier alpha value is -0.770. The van der Waals surface area contributed by atoms with Crippen LogP contribution in [-0.2, 0) is 4.74 Å². The average molecular weight is 198 g/mol. The van der Waals surface area contributed by atoms with Crippen LogP contribution in [0.5, 0.6) is 0 Å². The first-order valence-corrected chi connectivity index (χ1v) is 5.29. The maximum absolute atomic E-state index is 11.3. The molecule has 4 nitrogen and oxygen atoms in total. The first kappa shape index (κ1) is 9.77. The Morgan fingerprint density at radius 2 is 2.21 bits per heavy atom. The minimum Gasteiger partial charge on any atom is -0.453 e. The molecule has 2 fully saturated rings. The van der Waals surface area contributed by atoms with E-state index in [1.165, 1.54) is 20.0 Å². The summed E-state index contributed by atoms with van der Waals surface area (Å²) in [6.45, 7) is 0.849. The molecule has 2 rings (SSSR count). The smallest absolute Gasteiger partial charge is 0.409 e. The predicted molar refractivity (Wildman–Crippen MR) is 53.1 cm³/mol. The van der Waals surface area contributed by atoms with E-state index in [1.807, 2.05) is 11.9 Å². The third-order valence-corrected chi connectivity index (χ3v) is 3.35. The summed E-state index contributed by atoms with van der Waals surface area (Å²) in [5.74, 6) is 0.775. The first-order valence-electron chi connectivity index (χ1n) is 5.29. The number of carbonyl (C=O) groups is 1. The van der Waals surface area contributed by atoms with Gasteiger partial charge in [-0.05, 0) is 32.2 Å². The second-order valence-corrected chi connectivity index (χ2v) is 4.17. The normalized spacial score (nSPS) is 28.1. The average Bonchev–Trinajstić information content (AvgIpc) is 2.94. The van der Waals surface area contributed by atoms with Gasteiger partial charge in [0.25, 0.3) is 0 Å². The van der Waals surface area contributed by atoms with Crippen LogP contribution in [0.25, 0.3) is 0 Å². The van der Waals surface area contributed by atoms with E-state index in [4.69, 9.17) is 4.74 Å². The Labute approximate surface area is 84.6 Å². The van der Waals surface area contributed by atoms with E-state index in [0.717, 1.165) is 18.9 Å². The number of rotatable bonds is 3. The number of likely N-dealkylation sites (tertiary alicyclic amines) is 1. The van der Waals surface area contributed by atoms with Crippen molar-refractivity contribution in [2.75, 3.05) is 20.7 Å². The van der Waals surface area contributed by atoms with Crippen LogP contribution in [0.2, 0.25) is 0 Å². The molecule has 0 aromatic heterocycles. The predicted octanol–water partition coefficient (Wildman–Crippen LogP) is 0.825. The monoisotopic (exact) mass is 198 g/mol. The maximum atomic E-state index is 11.3. The van der Waals surface area contributed by atoms with E-state index in [2.05, 4.69) is 5.32 Å². The zero-order valence-electron chi connectivity index (χ0n) is 8.82. The number of likely N-dealkylation sites (N-methyl/N-ethyl adjacent to an activating group) is 1. The highest BCUT2D eigenvalue weighted by Gasteiger charge is 2.44. The van der Waals surface area contributed by atoms with E-state index >= 15 is 0 Å². The van der Waals surface area contributed by atoms with Crippen LogP contribution >= 0.6 is 0 Å². The molecule has 1 aliphatic carbocycles. The lowest BCUT2D eigenvalue weighted by Gasteiger charge is -2.44. The molecule has 0 aromatic carbocycles.